The molecule has 4 N–H and O–H groups in total. The fourth-order valence-electron chi connectivity index (χ4n) is 1.44. The molecule has 7 heteroatoms. The SMILES string of the molecule is CC(=O)NCCNC(=O)c1c(N)c(C)nn1C. The van der Waals surface area contributed by atoms with E-state index in [1.165, 1.54) is 11.6 Å². The minimum atomic E-state index is -0.295. The molecular formula is C10H17N5O2. The van der Waals surface area contributed by atoms with E-state index in [1.54, 1.807) is 14.0 Å². The van der Waals surface area contributed by atoms with E-state index in [2.05, 4.69) is 15.7 Å². The van der Waals surface area contributed by atoms with Crippen molar-refractivity contribution in [3.8, 4) is 0 Å². The predicted molar refractivity (Wildman–Crippen MR) is 63.4 cm³/mol. The molecule has 2 amide bonds. The third kappa shape index (κ3) is 3.20. The van der Waals surface area contributed by atoms with Crippen LogP contribution >= 0.6 is 0 Å². The van der Waals surface area contributed by atoms with Gasteiger partial charge in [0.1, 0.15) is 5.69 Å². The first-order chi connectivity index (χ1) is 7.93. The lowest BCUT2D eigenvalue weighted by Crippen LogP contribution is -2.34. The summed E-state index contributed by atoms with van der Waals surface area (Å²) in [6.07, 6.45) is 0. The van der Waals surface area contributed by atoms with Gasteiger partial charge in [0, 0.05) is 27.1 Å². The topological polar surface area (TPSA) is 102 Å². The lowest BCUT2D eigenvalue weighted by atomic mass is 10.3. The molecule has 0 fully saturated rings. The monoisotopic (exact) mass is 239 g/mol. The molecular weight excluding hydrogens is 222 g/mol. The maximum atomic E-state index is 11.8. The van der Waals surface area contributed by atoms with Gasteiger partial charge in [-0.1, -0.05) is 0 Å². The van der Waals surface area contributed by atoms with Crippen molar-refractivity contribution < 1.29 is 9.59 Å². The zero-order valence-corrected chi connectivity index (χ0v) is 10.2. The Kier molecular flexibility index (Phi) is 4.08. The molecule has 0 spiro atoms. The van der Waals surface area contributed by atoms with Crippen molar-refractivity contribution in [1.29, 1.82) is 0 Å². The van der Waals surface area contributed by atoms with Gasteiger partial charge in [-0.25, -0.2) is 0 Å². The second-order valence-electron chi connectivity index (χ2n) is 3.71. The summed E-state index contributed by atoms with van der Waals surface area (Å²) in [5.41, 5.74) is 7.08. The molecule has 0 saturated carbocycles. The maximum absolute atomic E-state index is 11.8. The number of carbonyl (C=O) groups excluding carboxylic acids is 2. The summed E-state index contributed by atoms with van der Waals surface area (Å²) in [4.78, 5) is 22.4. The number of nitrogens with zero attached hydrogens (tertiary/aromatic N) is 2. The van der Waals surface area contributed by atoms with Gasteiger partial charge in [0.15, 0.2) is 0 Å². The van der Waals surface area contributed by atoms with E-state index in [9.17, 15) is 9.59 Å². The van der Waals surface area contributed by atoms with Crippen LogP contribution in [0.25, 0.3) is 0 Å². The molecule has 1 rings (SSSR count). The van der Waals surface area contributed by atoms with E-state index < -0.39 is 0 Å². The minimum Gasteiger partial charge on any atom is -0.395 e. The average molecular weight is 239 g/mol. The van der Waals surface area contributed by atoms with Crippen molar-refractivity contribution >= 4 is 17.5 Å². The first kappa shape index (κ1) is 13.0. The number of anilines is 1. The first-order valence-electron chi connectivity index (χ1n) is 5.25. The van der Waals surface area contributed by atoms with Crippen LogP contribution in [0.3, 0.4) is 0 Å². The predicted octanol–water partition coefficient (Wildman–Crippen LogP) is -0.823. The summed E-state index contributed by atoms with van der Waals surface area (Å²) in [6.45, 7) is 3.90. The molecule has 0 unspecified atom stereocenters. The van der Waals surface area contributed by atoms with Gasteiger partial charge in [-0.15, -0.1) is 0 Å². The Labute approximate surface area is 99.4 Å². The van der Waals surface area contributed by atoms with Crippen molar-refractivity contribution in [3.63, 3.8) is 0 Å². The van der Waals surface area contributed by atoms with Gasteiger partial charge in [0.05, 0.1) is 11.4 Å². The minimum absolute atomic E-state index is 0.129. The number of hydrogen-bond acceptors (Lipinski definition) is 4. The summed E-state index contributed by atoms with van der Waals surface area (Å²) in [5, 5.41) is 9.28. The Hall–Kier alpha value is -2.05. The van der Waals surface area contributed by atoms with Gasteiger partial charge in [-0.2, -0.15) is 5.10 Å². The lowest BCUT2D eigenvalue weighted by Gasteiger charge is -2.06. The molecule has 0 aromatic carbocycles. The highest BCUT2D eigenvalue weighted by Gasteiger charge is 2.17. The van der Waals surface area contributed by atoms with Crippen molar-refractivity contribution in [2.24, 2.45) is 7.05 Å². The number of nitrogens with one attached hydrogen (secondary N) is 2. The van der Waals surface area contributed by atoms with Gasteiger partial charge in [0.2, 0.25) is 5.91 Å². The zero-order valence-electron chi connectivity index (χ0n) is 10.2. The van der Waals surface area contributed by atoms with E-state index in [4.69, 9.17) is 5.73 Å². The van der Waals surface area contributed by atoms with Gasteiger partial charge in [-0.05, 0) is 6.92 Å². The van der Waals surface area contributed by atoms with E-state index >= 15 is 0 Å². The quantitative estimate of drug-likeness (QED) is 0.597. The molecule has 7 nitrogen and oxygen atoms in total. The molecule has 0 aliphatic carbocycles. The number of aromatic nitrogens is 2. The van der Waals surface area contributed by atoms with Gasteiger partial charge in [0.25, 0.3) is 5.91 Å². The largest absolute Gasteiger partial charge is 0.395 e. The number of carbonyl (C=O) groups is 2. The molecule has 0 radical (unpaired) electrons. The number of amides is 2. The molecule has 0 saturated heterocycles. The van der Waals surface area contributed by atoms with Gasteiger partial charge >= 0.3 is 0 Å². The average Bonchev–Trinajstić information content (AvgIpc) is 2.48. The number of nitrogens with two attached hydrogens (primary N) is 1. The summed E-state index contributed by atoms with van der Waals surface area (Å²) in [5.74, 6) is -0.425. The zero-order chi connectivity index (χ0) is 13.0. The fraction of sp³-hybridized carbons (Fsp3) is 0.500. The second-order valence-corrected chi connectivity index (χ2v) is 3.71. The Bertz CT molecular complexity index is 438. The van der Waals surface area contributed by atoms with Crippen LogP contribution in [0.1, 0.15) is 23.1 Å². The van der Waals surface area contributed by atoms with Crippen molar-refractivity contribution in [2.45, 2.75) is 13.8 Å². The first-order valence-corrected chi connectivity index (χ1v) is 5.25. The number of aryl methyl sites for hydroxylation is 2. The van der Waals surface area contributed by atoms with E-state index in [1.807, 2.05) is 0 Å². The highest BCUT2D eigenvalue weighted by molar-refractivity contribution is 5.97. The standard InChI is InChI=1S/C10H17N5O2/c1-6-8(11)9(15(3)14-6)10(17)13-5-4-12-7(2)16/h4-5,11H2,1-3H3,(H,12,16)(H,13,17). The van der Waals surface area contributed by atoms with E-state index in [0.29, 0.717) is 30.2 Å². The van der Waals surface area contributed by atoms with E-state index in [0.717, 1.165) is 0 Å². The summed E-state index contributed by atoms with van der Waals surface area (Å²) in [7, 11) is 1.66. The molecule has 1 heterocycles. The number of nitrogen functional groups attached to an aromatic ring is 1. The fourth-order valence-corrected chi connectivity index (χ4v) is 1.44. The van der Waals surface area contributed by atoms with Crippen LogP contribution < -0.4 is 16.4 Å². The molecule has 0 aliphatic rings. The Balaban J connectivity index is 2.55. The summed E-state index contributed by atoms with van der Waals surface area (Å²) in [6, 6.07) is 0. The summed E-state index contributed by atoms with van der Waals surface area (Å²) < 4.78 is 1.44. The highest BCUT2D eigenvalue weighted by atomic mass is 16.2. The van der Waals surface area contributed by atoms with Crippen molar-refractivity contribution in [2.75, 3.05) is 18.8 Å². The molecule has 17 heavy (non-hydrogen) atoms. The second kappa shape index (κ2) is 5.33. The van der Waals surface area contributed by atoms with Crippen LogP contribution in [0.5, 0.6) is 0 Å². The van der Waals surface area contributed by atoms with Crippen LogP contribution in [0.15, 0.2) is 0 Å². The molecule has 94 valence electrons. The molecule has 1 aromatic heterocycles. The van der Waals surface area contributed by atoms with Crippen molar-refractivity contribution in [3.05, 3.63) is 11.4 Å². The van der Waals surface area contributed by atoms with E-state index in [-0.39, 0.29) is 11.8 Å². The van der Waals surface area contributed by atoms with Crippen LogP contribution in [0.4, 0.5) is 5.69 Å². The van der Waals surface area contributed by atoms with Crippen LogP contribution in [0.2, 0.25) is 0 Å². The van der Waals surface area contributed by atoms with Crippen LogP contribution in [-0.2, 0) is 11.8 Å². The third-order valence-corrected chi connectivity index (χ3v) is 2.27. The van der Waals surface area contributed by atoms with Crippen molar-refractivity contribution in [1.82, 2.24) is 20.4 Å². The smallest absolute Gasteiger partial charge is 0.271 e. The maximum Gasteiger partial charge on any atom is 0.271 e. The Morgan fingerprint density at radius 1 is 1.35 bits per heavy atom. The number of rotatable bonds is 4. The number of hydrogen-bond donors (Lipinski definition) is 3. The Morgan fingerprint density at radius 2 is 1.94 bits per heavy atom. The molecule has 0 atom stereocenters. The molecule has 0 bridgehead atoms. The summed E-state index contributed by atoms with van der Waals surface area (Å²) >= 11 is 0. The van der Waals surface area contributed by atoms with Gasteiger partial charge in [-0.3, -0.25) is 14.3 Å². The van der Waals surface area contributed by atoms with Gasteiger partial charge < -0.3 is 16.4 Å². The lowest BCUT2D eigenvalue weighted by molar-refractivity contribution is -0.118. The normalized spacial score (nSPS) is 10.1. The van der Waals surface area contributed by atoms with Crippen LogP contribution in [0, 0.1) is 6.92 Å². The molecule has 1 aromatic rings. The highest BCUT2D eigenvalue weighted by Crippen LogP contribution is 2.14. The molecule has 0 aliphatic heterocycles. The third-order valence-electron chi connectivity index (χ3n) is 2.27. The Morgan fingerprint density at radius 3 is 2.41 bits per heavy atom. The van der Waals surface area contributed by atoms with Crippen LogP contribution in [-0.4, -0.2) is 34.7 Å².